The highest BCUT2D eigenvalue weighted by molar-refractivity contribution is 14.0. The molecular weight excluding hydrogens is 529 g/mol. The molecule has 33 heavy (non-hydrogen) atoms. The Morgan fingerprint density at radius 3 is 2.24 bits per heavy atom. The molecule has 192 valence electrons. The first kappa shape index (κ1) is 28.6. The average Bonchev–Trinajstić information content (AvgIpc) is 3.24. The highest BCUT2D eigenvalue weighted by atomic mass is 127. The molecule has 0 radical (unpaired) electrons. The number of carbonyl (C=O) groups is 1. The summed E-state index contributed by atoms with van der Waals surface area (Å²) >= 11 is 0. The Balaban J connectivity index is 0.00000385. The van der Waals surface area contributed by atoms with Gasteiger partial charge in [0.2, 0.25) is 5.91 Å². The lowest BCUT2D eigenvalue weighted by atomic mass is 10.1. The van der Waals surface area contributed by atoms with Gasteiger partial charge in [0.05, 0.1) is 12.1 Å². The molecule has 1 amide bonds. The molecule has 0 aromatic heterocycles. The first-order chi connectivity index (χ1) is 15.7. The second-order valence-corrected chi connectivity index (χ2v) is 9.66. The Morgan fingerprint density at radius 1 is 0.939 bits per heavy atom. The number of guanidine groups is 1. The Morgan fingerprint density at radius 2 is 1.61 bits per heavy atom. The van der Waals surface area contributed by atoms with Crippen molar-refractivity contribution in [2.75, 3.05) is 59.0 Å². The van der Waals surface area contributed by atoms with Crippen LogP contribution in [0, 0.1) is 0 Å². The molecule has 3 fully saturated rings. The maximum atomic E-state index is 12.7. The van der Waals surface area contributed by atoms with E-state index >= 15 is 0 Å². The van der Waals surface area contributed by atoms with E-state index < -0.39 is 0 Å². The Labute approximate surface area is 219 Å². The fourth-order valence-corrected chi connectivity index (χ4v) is 5.16. The third kappa shape index (κ3) is 9.51. The van der Waals surface area contributed by atoms with E-state index in [1.165, 1.54) is 38.5 Å². The van der Waals surface area contributed by atoms with Crippen LogP contribution in [0.1, 0.15) is 78.1 Å². The van der Waals surface area contributed by atoms with Gasteiger partial charge in [0.15, 0.2) is 5.96 Å². The molecule has 7 nitrogen and oxygen atoms in total. The predicted octanol–water partition coefficient (Wildman–Crippen LogP) is 3.72. The molecule has 0 aromatic carbocycles. The van der Waals surface area contributed by atoms with E-state index in [-0.39, 0.29) is 30.0 Å². The number of likely N-dealkylation sites (tertiary alicyclic amines) is 1. The lowest BCUT2D eigenvalue weighted by Crippen LogP contribution is -2.57. The zero-order valence-corrected chi connectivity index (χ0v) is 23.4. The van der Waals surface area contributed by atoms with Crippen LogP contribution in [0.5, 0.6) is 0 Å². The van der Waals surface area contributed by atoms with Gasteiger partial charge in [-0.05, 0) is 52.4 Å². The molecular formula is C25H48IN5O2. The van der Waals surface area contributed by atoms with E-state index in [1.807, 2.05) is 4.90 Å². The van der Waals surface area contributed by atoms with Gasteiger partial charge in [-0.1, -0.05) is 25.7 Å². The summed E-state index contributed by atoms with van der Waals surface area (Å²) in [7, 11) is 0. The molecule has 8 heteroatoms. The zero-order chi connectivity index (χ0) is 22.6. The molecule has 1 atom stereocenters. The number of halogens is 1. The van der Waals surface area contributed by atoms with Crippen LogP contribution in [0.4, 0.5) is 0 Å². The molecule has 1 aliphatic carbocycles. The number of aliphatic imine (C=N–C) groups is 1. The Hall–Kier alpha value is -0.610. The summed E-state index contributed by atoms with van der Waals surface area (Å²) in [5.41, 5.74) is 0. The first-order valence-corrected chi connectivity index (χ1v) is 13.4. The number of nitrogens with one attached hydrogen (secondary N) is 1. The minimum atomic E-state index is -0.0109. The van der Waals surface area contributed by atoms with Crippen molar-refractivity contribution >= 4 is 35.8 Å². The van der Waals surface area contributed by atoms with E-state index in [4.69, 9.17) is 9.73 Å². The number of hydrogen-bond acceptors (Lipinski definition) is 4. The third-order valence-electron chi connectivity index (χ3n) is 7.24. The summed E-state index contributed by atoms with van der Waals surface area (Å²) in [4.78, 5) is 24.4. The minimum Gasteiger partial charge on any atom is -0.378 e. The number of hydrogen-bond donors (Lipinski definition) is 1. The van der Waals surface area contributed by atoms with Crippen LogP contribution >= 0.6 is 24.0 Å². The van der Waals surface area contributed by atoms with Crippen molar-refractivity contribution < 1.29 is 9.53 Å². The summed E-state index contributed by atoms with van der Waals surface area (Å²) in [5.74, 6) is 1.33. The molecule has 2 aliphatic heterocycles. The van der Waals surface area contributed by atoms with Gasteiger partial charge in [-0.15, -0.1) is 24.0 Å². The Kier molecular flexibility index (Phi) is 14.0. The largest absolute Gasteiger partial charge is 0.378 e. The van der Waals surface area contributed by atoms with Crippen molar-refractivity contribution in [2.45, 2.75) is 90.2 Å². The fraction of sp³-hybridized carbons (Fsp3) is 0.920. The van der Waals surface area contributed by atoms with Crippen LogP contribution in [0.15, 0.2) is 4.99 Å². The number of nitrogens with zero attached hydrogens (tertiary/aromatic N) is 4. The van der Waals surface area contributed by atoms with Gasteiger partial charge >= 0.3 is 0 Å². The number of amides is 1. The number of ether oxygens (including phenoxy) is 1. The van der Waals surface area contributed by atoms with Crippen LogP contribution in [0.25, 0.3) is 0 Å². The SMILES string of the molecule is CCNC(=NCCCCOC1CCCCCC1)N1CCN(C(C)C(=O)N2CCCC2)CC1.I. The normalized spacial score (nSPS) is 22.1. The van der Waals surface area contributed by atoms with E-state index in [2.05, 4.69) is 29.0 Å². The molecule has 1 saturated carbocycles. The molecule has 2 saturated heterocycles. The van der Waals surface area contributed by atoms with Crippen LogP contribution in [-0.2, 0) is 9.53 Å². The van der Waals surface area contributed by atoms with Gasteiger partial charge in [0.1, 0.15) is 0 Å². The van der Waals surface area contributed by atoms with Crippen molar-refractivity contribution in [1.29, 1.82) is 0 Å². The minimum absolute atomic E-state index is 0. The quantitative estimate of drug-likeness (QED) is 0.149. The van der Waals surface area contributed by atoms with Gasteiger partial charge in [-0.3, -0.25) is 14.7 Å². The maximum Gasteiger partial charge on any atom is 0.239 e. The van der Waals surface area contributed by atoms with E-state index in [9.17, 15) is 4.79 Å². The number of piperazine rings is 1. The van der Waals surface area contributed by atoms with Gasteiger partial charge < -0.3 is 19.9 Å². The van der Waals surface area contributed by atoms with E-state index in [0.29, 0.717) is 12.0 Å². The highest BCUT2D eigenvalue weighted by Crippen LogP contribution is 2.20. The second kappa shape index (κ2) is 16.1. The highest BCUT2D eigenvalue weighted by Gasteiger charge is 2.30. The van der Waals surface area contributed by atoms with Crippen molar-refractivity contribution in [3.05, 3.63) is 0 Å². The topological polar surface area (TPSA) is 60.4 Å². The molecule has 1 N–H and O–H groups in total. The molecule has 0 bridgehead atoms. The first-order valence-electron chi connectivity index (χ1n) is 13.4. The van der Waals surface area contributed by atoms with Crippen LogP contribution in [0.3, 0.4) is 0 Å². The standard InChI is InChI=1S/C25H47N5O2.HI/c1-3-26-25(27-14-8-11-21-32-23-12-6-4-5-7-13-23)30-19-17-28(18-20-30)22(2)24(31)29-15-9-10-16-29;/h22-23H,3-21H2,1-2H3,(H,26,27);1H. The maximum absolute atomic E-state index is 12.7. The summed E-state index contributed by atoms with van der Waals surface area (Å²) in [6.45, 7) is 12.4. The molecule has 3 rings (SSSR count). The average molecular weight is 578 g/mol. The molecule has 1 unspecified atom stereocenters. The zero-order valence-electron chi connectivity index (χ0n) is 21.1. The molecule has 0 aromatic rings. The number of unbranched alkanes of at least 4 members (excludes halogenated alkanes) is 1. The van der Waals surface area contributed by atoms with E-state index in [1.54, 1.807) is 0 Å². The fourth-order valence-electron chi connectivity index (χ4n) is 5.16. The van der Waals surface area contributed by atoms with Crippen LogP contribution in [-0.4, -0.2) is 97.7 Å². The van der Waals surface area contributed by atoms with Crippen LogP contribution < -0.4 is 5.32 Å². The third-order valence-corrected chi connectivity index (χ3v) is 7.24. The van der Waals surface area contributed by atoms with Crippen molar-refractivity contribution in [2.24, 2.45) is 4.99 Å². The predicted molar refractivity (Wildman–Crippen MR) is 146 cm³/mol. The number of rotatable bonds is 9. The summed E-state index contributed by atoms with van der Waals surface area (Å²) in [6, 6.07) is -0.0109. The lowest BCUT2D eigenvalue weighted by molar-refractivity contribution is -0.135. The molecule has 3 aliphatic rings. The van der Waals surface area contributed by atoms with E-state index in [0.717, 1.165) is 90.6 Å². The summed E-state index contributed by atoms with van der Waals surface area (Å²) in [6.07, 6.45) is 12.9. The van der Waals surface area contributed by atoms with Gasteiger partial charge in [-0.2, -0.15) is 0 Å². The smallest absolute Gasteiger partial charge is 0.239 e. The molecule has 0 spiro atoms. The van der Waals surface area contributed by atoms with Gasteiger partial charge in [0, 0.05) is 59.0 Å². The van der Waals surface area contributed by atoms with Crippen LogP contribution in [0.2, 0.25) is 0 Å². The monoisotopic (exact) mass is 577 g/mol. The van der Waals surface area contributed by atoms with Crippen molar-refractivity contribution in [1.82, 2.24) is 20.0 Å². The number of carbonyl (C=O) groups excluding carboxylic acids is 1. The van der Waals surface area contributed by atoms with Crippen molar-refractivity contribution in [3.8, 4) is 0 Å². The molecule has 2 heterocycles. The second-order valence-electron chi connectivity index (χ2n) is 9.66. The Bertz CT molecular complexity index is 569. The van der Waals surface area contributed by atoms with Crippen molar-refractivity contribution in [3.63, 3.8) is 0 Å². The van der Waals surface area contributed by atoms with Gasteiger partial charge in [-0.25, -0.2) is 0 Å². The van der Waals surface area contributed by atoms with Gasteiger partial charge in [0.25, 0.3) is 0 Å². The summed E-state index contributed by atoms with van der Waals surface area (Å²) < 4.78 is 6.11. The lowest BCUT2D eigenvalue weighted by Gasteiger charge is -2.39. The summed E-state index contributed by atoms with van der Waals surface area (Å²) in [5, 5.41) is 3.46.